The Hall–Kier alpha value is -2.32. The molecule has 15 heteroatoms. The molecule has 0 bridgehead atoms. The first-order chi connectivity index (χ1) is 12.1. The molecule has 0 aliphatic carbocycles. The summed E-state index contributed by atoms with van der Waals surface area (Å²) >= 11 is -1.39. The number of nitrogens with zero attached hydrogens (tertiary/aromatic N) is 1. The van der Waals surface area contributed by atoms with Gasteiger partial charge in [-0.05, 0) is 6.07 Å². The van der Waals surface area contributed by atoms with Crippen LogP contribution >= 0.6 is 12.0 Å². The largest absolute Gasteiger partial charge is 0.479 e. The molecule has 1 aliphatic heterocycles. The first kappa shape index (κ1) is 21.0. The van der Waals surface area contributed by atoms with Crippen LogP contribution in [-0.2, 0) is 4.18 Å². The average Bonchev–Trinajstić information content (AvgIpc) is 2.48. The lowest BCUT2D eigenvalue weighted by atomic mass is 9.95. The van der Waals surface area contributed by atoms with Gasteiger partial charge >= 0.3 is 23.5 Å². The number of hydrogen-bond acceptors (Lipinski definition) is 5. The van der Waals surface area contributed by atoms with Crippen molar-refractivity contribution in [3.8, 4) is 5.75 Å². The lowest BCUT2D eigenvalue weighted by molar-refractivity contribution is -0.385. The number of rotatable bonds is 3. The molecule has 5 nitrogen and oxygen atoms in total. The van der Waals surface area contributed by atoms with Crippen LogP contribution in [0.4, 0.5) is 45.2 Å². The van der Waals surface area contributed by atoms with E-state index in [-0.39, 0.29) is 0 Å². The van der Waals surface area contributed by atoms with Gasteiger partial charge in [0.15, 0.2) is 12.0 Å². The molecule has 2 rings (SSSR count). The van der Waals surface area contributed by atoms with Gasteiger partial charge in [-0.1, -0.05) is 0 Å². The predicted octanol–water partition coefficient (Wildman–Crippen LogP) is 5.38. The normalized spacial score (nSPS) is 16.9. The Morgan fingerprint density at radius 1 is 1.04 bits per heavy atom. The molecule has 0 N–H and O–H groups in total. The van der Waals surface area contributed by atoms with Crippen LogP contribution in [0.15, 0.2) is 24.3 Å². The molecule has 0 unspecified atom stereocenters. The van der Waals surface area contributed by atoms with Crippen molar-refractivity contribution in [2.75, 3.05) is 0 Å². The fourth-order valence-electron chi connectivity index (χ4n) is 1.98. The Balaban J connectivity index is 2.69. The summed E-state index contributed by atoms with van der Waals surface area (Å²) in [4.78, 5) is 9.65. The third-order valence-electron chi connectivity index (χ3n) is 3.11. The fourth-order valence-corrected chi connectivity index (χ4v) is 2.30. The molecule has 0 saturated carbocycles. The highest BCUT2D eigenvalue weighted by Gasteiger charge is 2.74. The van der Waals surface area contributed by atoms with Gasteiger partial charge in [-0.25, -0.2) is 0 Å². The predicted molar refractivity (Wildman–Crippen MR) is 71.3 cm³/mol. The van der Waals surface area contributed by atoms with Crippen LogP contribution in [0.2, 0.25) is 0 Å². The topological polar surface area (TPSA) is 61.6 Å². The molecule has 1 aliphatic rings. The molecule has 0 aromatic heterocycles. The van der Waals surface area contributed by atoms with Gasteiger partial charge in [-0.3, -0.25) is 10.1 Å². The van der Waals surface area contributed by atoms with E-state index in [9.17, 15) is 49.6 Å². The van der Waals surface area contributed by atoms with Gasteiger partial charge in [-0.15, -0.1) is 0 Å². The van der Waals surface area contributed by atoms with Crippen LogP contribution in [0.3, 0.4) is 0 Å². The van der Waals surface area contributed by atoms with Gasteiger partial charge < -0.3 is 8.92 Å². The molecule has 0 radical (unpaired) electrons. The molecule has 0 fully saturated rings. The SMILES string of the molecule is O=[N+]([O-])c1ccc2c(c1)C(OSC(F)(F)F)=CC(C(F)(F)F)(C(F)(F)F)O2. The van der Waals surface area contributed by atoms with Crippen LogP contribution in [0.5, 0.6) is 5.75 Å². The molecule has 27 heavy (non-hydrogen) atoms. The molecule has 0 saturated heterocycles. The highest BCUT2D eigenvalue weighted by molar-refractivity contribution is 7.95. The van der Waals surface area contributed by atoms with E-state index in [0.717, 1.165) is 0 Å². The third kappa shape index (κ3) is 4.01. The Kier molecular flexibility index (Phi) is 4.96. The van der Waals surface area contributed by atoms with Crippen molar-refractivity contribution in [2.45, 2.75) is 23.5 Å². The number of non-ortho nitro benzene ring substituents is 1. The Labute approximate surface area is 147 Å². The van der Waals surface area contributed by atoms with Crippen molar-refractivity contribution < 1.29 is 53.4 Å². The standard InChI is InChI=1S/C12H4F9NO4S/c13-10(14,15)9(11(16,17)18)4-8(26-27-12(19,20)21)6-3-5(22(23)24)1-2-7(6)25-9/h1-4H. The van der Waals surface area contributed by atoms with Crippen molar-refractivity contribution in [1.29, 1.82) is 0 Å². The van der Waals surface area contributed by atoms with Crippen LogP contribution in [0, 0.1) is 10.1 Å². The lowest BCUT2D eigenvalue weighted by Crippen LogP contribution is -2.60. The van der Waals surface area contributed by atoms with Crippen LogP contribution in [0.25, 0.3) is 5.76 Å². The monoisotopic (exact) mass is 429 g/mol. The van der Waals surface area contributed by atoms with Crippen LogP contribution in [-0.4, -0.2) is 28.4 Å². The van der Waals surface area contributed by atoms with E-state index >= 15 is 0 Å². The molecule has 0 atom stereocenters. The first-order valence-corrected chi connectivity index (χ1v) is 7.08. The van der Waals surface area contributed by atoms with Gasteiger partial charge in [0, 0.05) is 18.2 Å². The number of hydrogen-bond donors (Lipinski definition) is 0. The summed E-state index contributed by atoms with van der Waals surface area (Å²) in [5.41, 5.74) is -11.9. The smallest absolute Gasteiger partial charge is 0.464 e. The van der Waals surface area contributed by atoms with E-state index in [1.165, 1.54) is 0 Å². The molecule has 1 aromatic rings. The summed E-state index contributed by atoms with van der Waals surface area (Å²) in [6.07, 6.45) is -13.0. The molecule has 0 amide bonds. The quantitative estimate of drug-likeness (QED) is 0.280. The molecule has 0 spiro atoms. The minimum atomic E-state index is -6.14. The minimum absolute atomic E-state index is 0.397. The van der Waals surface area contributed by atoms with E-state index in [2.05, 4.69) is 8.92 Å². The minimum Gasteiger partial charge on any atom is -0.464 e. The zero-order valence-electron chi connectivity index (χ0n) is 12.2. The van der Waals surface area contributed by atoms with Gasteiger partial charge in [0.05, 0.1) is 10.5 Å². The van der Waals surface area contributed by atoms with Crippen molar-refractivity contribution >= 4 is 23.5 Å². The number of benzene rings is 1. The number of ether oxygens (including phenoxy) is 1. The van der Waals surface area contributed by atoms with E-state index in [1.807, 2.05) is 0 Å². The maximum absolute atomic E-state index is 13.2. The van der Waals surface area contributed by atoms with E-state index < -0.39 is 69.3 Å². The summed E-state index contributed by atoms with van der Waals surface area (Å²) in [5.74, 6) is -2.74. The highest BCUT2D eigenvalue weighted by atomic mass is 32.2. The lowest BCUT2D eigenvalue weighted by Gasteiger charge is -2.38. The zero-order chi connectivity index (χ0) is 20.8. The maximum Gasteiger partial charge on any atom is 0.479 e. The number of nitro groups is 1. The number of nitro benzene ring substituents is 1. The first-order valence-electron chi connectivity index (χ1n) is 6.34. The number of fused-ring (bicyclic) bond motifs is 1. The zero-order valence-corrected chi connectivity index (χ0v) is 13.0. The summed E-state index contributed by atoms with van der Waals surface area (Å²) in [5, 5.41) is 10.7. The summed E-state index contributed by atoms with van der Waals surface area (Å²) in [7, 11) is 0. The maximum atomic E-state index is 13.2. The van der Waals surface area contributed by atoms with Crippen molar-refractivity contribution in [2.24, 2.45) is 0 Å². The second-order valence-corrected chi connectivity index (χ2v) is 5.69. The second-order valence-electron chi connectivity index (χ2n) is 4.89. The average molecular weight is 429 g/mol. The molecule has 150 valence electrons. The Morgan fingerprint density at radius 3 is 2.04 bits per heavy atom. The summed E-state index contributed by atoms with van der Waals surface area (Å²) in [6, 6.07) is 1.35. The van der Waals surface area contributed by atoms with Crippen molar-refractivity contribution in [1.82, 2.24) is 0 Å². The van der Waals surface area contributed by atoms with Gasteiger partial charge in [0.1, 0.15) is 11.5 Å². The fraction of sp³-hybridized carbons (Fsp3) is 0.333. The molecular weight excluding hydrogens is 425 g/mol. The van der Waals surface area contributed by atoms with Crippen molar-refractivity contribution in [3.05, 3.63) is 40.0 Å². The second kappa shape index (κ2) is 6.38. The molecule has 1 heterocycles. The van der Waals surface area contributed by atoms with Crippen LogP contribution in [0.1, 0.15) is 5.56 Å². The third-order valence-corrected chi connectivity index (χ3v) is 3.56. The summed E-state index contributed by atoms with van der Waals surface area (Å²) in [6.45, 7) is 0. The van der Waals surface area contributed by atoms with Crippen molar-refractivity contribution in [3.63, 3.8) is 0 Å². The van der Waals surface area contributed by atoms with Gasteiger partial charge in [0.2, 0.25) is 0 Å². The summed E-state index contributed by atoms with van der Waals surface area (Å²) < 4.78 is 124. The van der Waals surface area contributed by atoms with Gasteiger partial charge in [-0.2, -0.15) is 39.5 Å². The van der Waals surface area contributed by atoms with E-state index in [4.69, 9.17) is 0 Å². The number of alkyl halides is 9. The van der Waals surface area contributed by atoms with E-state index in [0.29, 0.717) is 18.2 Å². The van der Waals surface area contributed by atoms with Crippen LogP contribution < -0.4 is 4.74 Å². The van der Waals surface area contributed by atoms with Gasteiger partial charge in [0.25, 0.3) is 5.69 Å². The molecule has 1 aromatic carbocycles. The number of halogens is 9. The molecular formula is C12H4F9NO4S. The van der Waals surface area contributed by atoms with E-state index in [1.54, 1.807) is 0 Å². The Morgan fingerprint density at radius 2 is 1.59 bits per heavy atom. The Bertz CT molecular complexity index is 771. The highest BCUT2D eigenvalue weighted by Crippen LogP contribution is 2.53.